The number of halogens is 1. The molecule has 0 aliphatic heterocycles. The highest BCUT2D eigenvalue weighted by molar-refractivity contribution is 14.1. The van der Waals surface area contributed by atoms with E-state index in [9.17, 15) is 0 Å². The van der Waals surface area contributed by atoms with Crippen LogP contribution in [0.4, 0.5) is 0 Å². The van der Waals surface area contributed by atoms with E-state index in [1.165, 1.54) is 9.13 Å². The van der Waals surface area contributed by atoms with Crippen LogP contribution in [0.1, 0.15) is 18.1 Å². The number of hydrogen-bond donors (Lipinski definition) is 1. The fourth-order valence-electron chi connectivity index (χ4n) is 1.86. The van der Waals surface area contributed by atoms with Crippen molar-refractivity contribution >= 4 is 22.6 Å². The highest BCUT2D eigenvalue weighted by Crippen LogP contribution is 2.26. The van der Waals surface area contributed by atoms with Gasteiger partial charge in [-0.05, 0) is 71.5 Å². The lowest BCUT2D eigenvalue weighted by Crippen LogP contribution is -2.11. The Bertz CT molecular complexity index is 554. The van der Waals surface area contributed by atoms with Crippen LogP contribution < -0.4 is 10.1 Å². The van der Waals surface area contributed by atoms with Crippen molar-refractivity contribution in [1.29, 1.82) is 0 Å². The van der Waals surface area contributed by atoms with Gasteiger partial charge in [-0.1, -0.05) is 25.1 Å². The van der Waals surface area contributed by atoms with E-state index in [2.05, 4.69) is 60.0 Å². The lowest BCUT2D eigenvalue weighted by atomic mass is 10.1. The molecule has 2 aromatic carbocycles. The molecule has 0 bridgehead atoms. The SMILES string of the molecule is CCNCc1ccc(Oc2cccc(I)c2)c(C)c1. The summed E-state index contributed by atoms with van der Waals surface area (Å²) in [6.07, 6.45) is 0. The van der Waals surface area contributed by atoms with Gasteiger partial charge in [0.25, 0.3) is 0 Å². The van der Waals surface area contributed by atoms with Crippen molar-refractivity contribution in [3.63, 3.8) is 0 Å². The second-order valence-corrected chi connectivity index (χ2v) is 5.69. The van der Waals surface area contributed by atoms with Gasteiger partial charge in [-0.15, -0.1) is 0 Å². The fraction of sp³-hybridized carbons (Fsp3) is 0.250. The largest absolute Gasteiger partial charge is 0.457 e. The number of rotatable bonds is 5. The van der Waals surface area contributed by atoms with Gasteiger partial charge in [-0.2, -0.15) is 0 Å². The van der Waals surface area contributed by atoms with Crippen LogP contribution in [0.5, 0.6) is 11.5 Å². The third-order valence-electron chi connectivity index (χ3n) is 2.84. The molecule has 2 nitrogen and oxygen atoms in total. The first-order valence-electron chi connectivity index (χ1n) is 6.42. The second-order valence-electron chi connectivity index (χ2n) is 4.44. The van der Waals surface area contributed by atoms with Gasteiger partial charge >= 0.3 is 0 Å². The topological polar surface area (TPSA) is 21.3 Å². The maximum atomic E-state index is 5.92. The maximum Gasteiger partial charge on any atom is 0.130 e. The van der Waals surface area contributed by atoms with Crippen molar-refractivity contribution in [3.05, 3.63) is 57.2 Å². The van der Waals surface area contributed by atoms with E-state index in [0.717, 1.165) is 30.2 Å². The molecule has 0 fully saturated rings. The molecule has 0 saturated heterocycles. The van der Waals surface area contributed by atoms with Crippen LogP contribution in [0.2, 0.25) is 0 Å². The second kappa shape index (κ2) is 6.91. The molecular weight excluding hydrogens is 349 g/mol. The number of aryl methyl sites for hydroxylation is 1. The van der Waals surface area contributed by atoms with Gasteiger partial charge in [-0.3, -0.25) is 0 Å². The summed E-state index contributed by atoms with van der Waals surface area (Å²) in [5.41, 5.74) is 2.45. The average molecular weight is 367 g/mol. The summed E-state index contributed by atoms with van der Waals surface area (Å²) in [6, 6.07) is 14.4. The lowest BCUT2D eigenvalue weighted by Gasteiger charge is -2.11. The molecule has 0 aliphatic rings. The molecule has 19 heavy (non-hydrogen) atoms. The van der Waals surface area contributed by atoms with Gasteiger partial charge in [0.15, 0.2) is 0 Å². The van der Waals surface area contributed by atoms with Gasteiger partial charge in [-0.25, -0.2) is 0 Å². The summed E-state index contributed by atoms with van der Waals surface area (Å²) < 4.78 is 7.10. The minimum atomic E-state index is 0.884. The van der Waals surface area contributed by atoms with Crippen LogP contribution in [-0.2, 0) is 6.54 Å². The summed E-state index contributed by atoms with van der Waals surface area (Å²) >= 11 is 2.29. The number of benzene rings is 2. The summed E-state index contributed by atoms with van der Waals surface area (Å²) in [5.74, 6) is 1.80. The number of nitrogens with one attached hydrogen (secondary N) is 1. The van der Waals surface area contributed by atoms with Gasteiger partial charge < -0.3 is 10.1 Å². The first kappa shape index (κ1) is 14.3. The number of hydrogen-bond acceptors (Lipinski definition) is 2. The monoisotopic (exact) mass is 367 g/mol. The third-order valence-corrected chi connectivity index (χ3v) is 3.51. The van der Waals surface area contributed by atoms with E-state index in [1.54, 1.807) is 0 Å². The normalized spacial score (nSPS) is 10.5. The minimum absolute atomic E-state index is 0.884. The number of ether oxygens (including phenoxy) is 1. The van der Waals surface area contributed by atoms with Gasteiger partial charge in [0, 0.05) is 10.1 Å². The minimum Gasteiger partial charge on any atom is -0.457 e. The summed E-state index contributed by atoms with van der Waals surface area (Å²) in [7, 11) is 0. The average Bonchev–Trinajstić information content (AvgIpc) is 2.39. The van der Waals surface area contributed by atoms with Crippen molar-refractivity contribution in [2.45, 2.75) is 20.4 Å². The molecule has 0 amide bonds. The van der Waals surface area contributed by atoms with Gasteiger partial charge in [0.2, 0.25) is 0 Å². The van der Waals surface area contributed by atoms with Crippen molar-refractivity contribution in [1.82, 2.24) is 5.32 Å². The molecule has 0 radical (unpaired) electrons. The lowest BCUT2D eigenvalue weighted by molar-refractivity contribution is 0.478. The molecule has 0 unspecified atom stereocenters. The van der Waals surface area contributed by atoms with E-state index in [-0.39, 0.29) is 0 Å². The van der Waals surface area contributed by atoms with Crippen molar-refractivity contribution in [2.75, 3.05) is 6.54 Å². The third kappa shape index (κ3) is 4.21. The van der Waals surface area contributed by atoms with Crippen LogP contribution in [0, 0.1) is 10.5 Å². The van der Waals surface area contributed by atoms with Gasteiger partial charge in [0.1, 0.15) is 11.5 Å². The molecule has 2 rings (SSSR count). The Morgan fingerprint density at radius 2 is 2.00 bits per heavy atom. The molecule has 1 N–H and O–H groups in total. The Morgan fingerprint density at radius 1 is 1.16 bits per heavy atom. The zero-order valence-electron chi connectivity index (χ0n) is 11.2. The van der Waals surface area contributed by atoms with Crippen LogP contribution in [-0.4, -0.2) is 6.54 Å². The Balaban J connectivity index is 2.13. The highest BCUT2D eigenvalue weighted by atomic mass is 127. The molecule has 0 saturated carbocycles. The van der Waals surface area contributed by atoms with E-state index >= 15 is 0 Å². The molecule has 0 heterocycles. The molecule has 2 aromatic rings. The van der Waals surface area contributed by atoms with Crippen LogP contribution >= 0.6 is 22.6 Å². The van der Waals surface area contributed by atoms with Crippen molar-refractivity contribution < 1.29 is 4.74 Å². The smallest absolute Gasteiger partial charge is 0.130 e. The predicted molar refractivity (Wildman–Crippen MR) is 87.8 cm³/mol. The summed E-state index contributed by atoms with van der Waals surface area (Å²) in [4.78, 5) is 0. The first-order chi connectivity index (χ1) is 9.19. The first-order valence-corrected chi connectivity index (χ1v) is 7.50. The van der Waals surface area contributed by atoms with Crippen LogP contribution in [0.15, 0.2) is 42.5 Å². The molecule has 100 valence electrons. The predicted octanol–water partition coefficient (Wildman–Crippen LogP) is 4.50. The van der Waals surface area contributed by atoms with E-state index in [0.29, 0.717) is 0 Å². The molecule has 0 atom stereocenters. The summed E-state index contributed by atoms with van der Waals surface area (Å²) in [5, 5.41) is 3.33. The van der Waals surface area contributed by atoms with E-state index in [4.69, 9.17) is 4.74 Å². The van der Waals surface area contributed by atoms with Gasteiger partial charge in [0.05, 0.1) is 0 Å². The molecule has 3 heteroatoms. The fourth-order valence-corrected chi connectivity index (χ4v) is 2.38. The molecule has 0 spiro atoms. The molecular formula is C16H18INO. The van der Waals surface area contributed by atoms with Crippen LogP contribution in [0.25, 0.3) is 0 Å². The zero-order valence-corrected chi connectivity index (χ0v) is 13.4. The van der Waals surface area contributed by atoms with Crippen molar-refractivity contribution in [2.24, 2.45) is 0 Å². The quantitative estimate of drug-likeness (QED) is 0.786. The molecule has 0 aliphatic carbocycles. The summed E-state index contributed by atoms with van der Waals surface area (Å²) in [6.45, 7) is 6.08. The van der Waals surface area contributed by atoms with E-state index < -0.39 is 0 Å². The molecule has 0 aromatic heterocycles. The zero-order chi connectivity index (χ0) is 13.7. The Kier molecular flexibility index (Phi) is 5.22. The van der Waals surface area contributed by atoms with Crippen LogP contribution in [0.3, 0.4) is 0 Å². The Labute approximate surface area is 128 Å². The highest BCUT2D eigenvalue weighted by Gasteiger charge is 2.03. The Hall–Kier alpha value is -1.07. The Morgan fingerprint density at radius 3 is 2.68 bits per heavy atom. The maximum absolute atomic E-state index is 5.92. The standard InChI is InChI=1S/C16H18INO/c1-3-18-11-13-7-8-16(12(2)9-13)19-15-6-4-5-14(17)10-15/h4-10,18H,3,11H2,1-2H3. The van der Waals surface area contributed by atoms with E-state index in [1.807, 2.05) is 24.3 Å². The van der Waals surface area contributed by atoms with Crippen molar-refractivity contribution in [3.8, 4) is 11.5 Å².